The van der Waals surface area contributed by atoms with Gasteiger partial charge < -0.3 is 0 Å². The second kappa shape index (κ2) is 18.9. The zero-order chi connectivity index (χ0) is 0. The number of rotatable bonds is 0. The molecule has 0 atom stereocenters. The Bertz CT molecular complexity index is 4.00. The van der Waals surface area contributed by atoms with Crippen molar-refractivity contribution in [1.82, 2.24) is 0 Å². The fourth-order valence-electron chi connectivity index (χ4n) is 0. The predicted octanol–water partition coefficient (Wildman–Crippen LogP) is -0.0100. The molecule has 0 amide bonds. The summed E-state index contributed by atoms with van der Waals surface area (Å²) in [4.78, 5) is 0. The summed E-state index contributed by atoms with van der Waals surface area (Å²) >= 11 is 0. The van der Waals surface area contributed by atoms with Crippen LogP contribution in [0, 0.1) is 0 Å². The molecule has 0 aromatic rings. The van der Waals surface area contributed by atoms with E-state index in [4.69, 9.17) is 0 Å². The maximum absolute atomic E-state index is 0. The summed E-state index contributed by atoms with van der Waals surface area (Å²) in [5.74, 6) is 0. The molecule has 4 heteroatoms. The van der Waals surface area contributed by atoms with Crippen molar-refractivity contribution in [3.05, 3.63) is 0 Å². The fourth-order valence-corrected chi connectivity index (χ4v) is 0. The standard InChI is InChI=1S/2Fe.2V. The first-order chi connectivity index (χ1) is 0. The third-order valence-corrected chi connectivity index (χ3v) is 0. The van der Waals surface area contributed by atoms with Gasteiger partial charge in [-0.3, -0.25) is 0 Å². The van der Waals surface area contributed by atoms with E-state index in [2.05, 4.69) is 0 Å². The molecule has 0 nitrogen and oxygen atoms in total. The van der Waals surface area contributed by atoms with Gasteiger partial charge in [0.25, 0.3) is 0 Å². The molecule has 0 saturated carbocycles. The van der Waals surface area contributed by atoms with Gasteiger partial charge in [-0.1, -0.05) is 0 Å². The first-order valence-electron chi connectivity index (χ1n) is 0. The van der Waals surface area contributed by atoms with Crippen molar-refractivity contribution >= 4 is 0 Å². The molecule has 0 unspecified atom stereocenters. The van der Waals surface area contributed by atoms with Crippen molar-refractivity contribution in [3.63, 3.8) is 0 Å². The minimum atomic E-state index is 0. The molecule has 0 heterocycles. The summed E-state index contributed by atoms with van der Waals surface area (Å²) < 4.78 is 0. The molecule has 0 aliphatic heterocycles. The average molecular weight is 214 g/mol. The molecule has 0 spiro atoms. The Morgan fingerprint density at radius 2 is 0.500 bits per heavy atom. The summed E-state index contributed by atoms with van der Waals surface area (Å²) in [6.07, 6.45) is 0. The van der Waals surface area contributed by atoms with Crippen LogP contribution in [-0.4, -0.2) is 0 Å². The van der Waals surface area contributed by atoms with Gasteiger partial charge in [-0.15, -0.1) is 0 Å². The number of hydrogen-bond acceptors (Lipinski definition) is 0. The van der Waals surface area contributed by atoms with Crippen LogP contribution in [0.3, 0.4) is 0 Å². The molecule has 0 aliphatic rings. The molecule has 0 rings (SSSR count). The molecule has 0 fully saturated rings. The normalized spacial score (nSPS) is 0. The smallest absolute Gasteiger partial charge is 0 e. The van der Waals surface area contributed by atoms with E-state index in [-0.39, 0.29) is 71.2 Å². The van der Waals surface area contributed by atoms with E-state index in [0.717, 1.165) is 0 Å². The van der Waals surface area contributed by atoms with E-state index in [0.29, 0.717) is 0 Å². The third-order valence-electron chi connectivity index (χ3n) is 0. The quantitative estimate of drug-likeness (QED) is 0.497. The predicted molar refractivity (Wildman–Crippen MR) is 0 cm³/mol. The summed E-state index contributed by atoms with van der Waals surface area (Å²) in [5.41, 5.74) is 0. The van der Waals surface area contributed by atoms with Crippen LogP contribution in [0.15, 0.2) is 0 Å². The van der Waals surface area contributed by atoms with Crippen LogP contribution in [0.5, 0.6) is 0 Å². The second-order valence-electron chi connectivity index (χ2n) is 0. The third kappa shape index (κ3) is 8.88. The molecule has 0 aromatic heterocycles. The van der Waals surface area contributed by atoms with E-state index in [1.54, 1.807) is 0 Å². The van der Waals surface area contributed by atoms with Gasteiger partial charge in [0.1, 0.15) is 0 Å². The van der Waals surface area contributed by atoms with E-state index < -0.39 is 0 Å². The van der Waals surface area contributed by atoms with Gasteiger partial charge in [-0.2, -0.15) is 0 Å². The molecular formula is Fe2V2. The summed E-state index contributed by atoms with van der Waals surface area (Å²) in [6.45, 7) is 0. The summed E-state index contributed by atoms with van der Waals surface area (Å²) in [7, 11) is 0. The van der Waals surface area contributed by atoms with E-state index in [1.807, 2.05) is 0 Å². The van der Waals surface area contributed by atoms with E-state index in [9.17, 15) is 0 Å². The van der Waals surface area contributed by atoms with Crippen LogP contribution >= 0.6 is 0 Å². The van der Waals surface area contributed by atoms with Crippen molar-refractivity contribution in [3.8, 4) is 0 Å². The van der Waals surface area contributed by atoms with Crippen LogP contribution < -0.4 is 0 Å². The van der Waals surface area contributed by atoms with Gasteiger partial charge in [-0.05, 0) is 0 Å². The Morgan fingerprint density at radius 3 is 0.500 bits per heavy atom. The van der Waals surface area contributed by atoms with E-state index in [1.165, 1.54) is 0 Å². The van der Waals surface area contributed by atoms with Gasteiger partial charge in [0, 0.05) is 71.2 Å². The Morgan fingerprint density at radius 1 is 0.500 bits per heavy atom. The van der Waals surface area contributed by atoms with Gasteiger partial charge in [0.15, 0.2) is 0 Å². The van der Waals surface area contributed by atoms with Crippen molar-refractivity contribution in [2.75, 3.05) is 0 Å². The Balaban J connectivity index is 0. The molecule has 2 radical (unpaired) electrons. The fraction of sp³-hybridized carbons (Fsp3) is 0. The Kier molecular flexibility index (Phi) is 163. The molecule has 4 heavy (non-hydrogen) atoms. The van der Waals surface area contributed by atoms with Crippen LogP contribution in [0.4, 0.5) is 0 Å². The molecule has 0 bridgehead atoms. The topological polar surface area (TPSA) is 0 Å². The van der Waals surface area contributed by atoms with Crippen LogP contribution in [0.2, 0.25) is 0 Å². The van der Waals surface area contributed by atoms with Crippen LogP contribution in [-0.2, 0) is 71.2 Å². The average Bonchev–Trinajstić information content (AvgIpc) is 0. The molecule has 26 valence electrons. The largest absolute Gasteiger partial charge is 0 e. The maximum atomic E-state index is 0. The van der Waals surface area contributed by atoms with Crippen LogP contribution in [0.25, 0.3) is 0 Å². The maximum Gasteiger partial charge on any atom is 0 e. The monoisotopic (exact) mass is 214 g/mol. The molecular weight excluding hydrogens is 214 g/mol. The van der Waals surface area contributed by atoms with Crippen molar-refractivity contribution in [2.24, 2.45) is 0 Å². The zero-order valence-corrected chi connectivity index (χ0v) is 6.60. The first kappa shape index (κ1) is 34.5. The molecule has 0 aromatic carbocycles. The molecule has 0 aliphatic carbocycles. The second-order valence-corrected chi connectivity index (χ2v) is 0. The van der Waals surface area contributed by atoms with Gasteiger partial charge in [0.2, 0.25) is 0 Å². The van der Waals surface area contributed by atoms with Gasteiger partial charge in [-0.25, -0.2) is 0 Å². The summed E-state index contributed by atoms with van der Waals surface area (Å²) in [6, 6.07) is 0. The summed E-state index contributed by atoms with van der Waals surface area (Å²) in [5, 5.41) is 0. The van der Waals surface area contributed by atoms with Crippen molar-refractivity contribution in [1.29, 1.82) is 0 Å². The minimum Gasteiger partial charge on any atom is 0 e. The van der Waals surface area contributed by atoms with Gasteiger partial charge in [0.05, 0.1) is 0 Å². The van der Waals surface area contributed by atoms with Crippen molar-refractivity contribution in [2.45, 2.75) is 0 Å². The minimum absolute atomic E-state index is 0. The molecule has 0 N–H and O–H groups in total. The van der Waals surface area contributed by atoms with Crippen molar-refractivity contribution < 1.29 is 71.2 Å². The van der Waals surface area contributed by atoms with Crippen LogP contribution in [0.1, 0.15) is 0 Å². The first-order valence-corrected chi connectivity index (χ1v) is 0. The van der Waals surface area contributed by atoms with Gasteiger partial charge >= 0.3 is 0 Å². The van der Waals surface area contributed by atoms with E-state index >= 15 is 0 Å². The molecule has 0 saturated heterocycles. The zero-order valence-electron chi connectivity index (χ0n) is 1.60. The Labute approximate surface area is 70.6 Å². The number of hydrogen-bond donors (Lipinski definition) is 0. The SMILES string of the molecule is [Fe].[Fe].[V].[V]. The Hall–Kier alpha value is 2.21.